The lowest BCUT2D eigenvalue weighted by atomic mass is 10.1. The molecule has 0 bridgehead atoms. The summed E-state index contributed by atoms with van der Waals surface area (Å²) in [6.07, 6.45) is 3.62. The molecular weight excluding hydrogens is 270 g/mol. The summed E-state index contributed by atoms with van der Waals surface area (Å²) in [5, 5.41) is 4.10. The van der Waals surface area contributed by atoms with Crippen molar-refractivity contribution in [1.29, 1.82) is 0 Å². The van der Waals surface area contributed by atoms with Gasteiger partial charge in [-0.1, -0.05) is 0 Å². The number of hydrogen-bond acceptors (Lipinski definition) is 4. The molecule has 0 saturated heterocycles. The molecule has 0 saturated carbocycles. The molecule has 0 unspecified atom stereocenters. The van der Waals surface area contributed by atoms with E-state index in [1.165, 1.54) is 0 Å². The molecule has 0 fully saturated rings. The van der Waals surface area contributed by atoms with Crippen LogP contribution in [0.1, 0.15) is 15.9 Å². The second-order valence-electron chi connectivity index (χ2n) is 4.75. The molecular formula is C15H19N3O3. The zero-order valence-electron chi connectivity index (χ0n) is 12.7. The van der Waals surface area contributed by atoms with Crippen LogP contribution < -0.4 is 9.47 Å². The molecule has 6 heteroatoms. The predicted octanol–water partition coefficient (Wildman–Crippen LogP) is 1.71. The fourth-order valence-corrected chi connectivity index (χ4v) is 2.09. The number of aromatic nitrogens is 2. The molecule has 1 heterocycles. The summed E-state index contributed by atoms with van der Waals surface area (Å²) in [7, 11) is 6.69. The number of aryl methyl sites for hydroxylation is 1. The summed E-state index contributed by atoms with van der Waals surface area (Å²) in [5.74, 6) is 1.02. The van der Waals surface area contributed by atoms with E-state index in [1.807, 2.05) is 13.2 Å². The standard InChI is InChI=1S/C15H19N3O3/c1-17(9-11-8-16-18(2)10-11)15(19)13-7-12(20-3)5-6-14(13)21-4/h5-8,10H,9H2,1-4H3. The van der Waals surface area contributed by atoms with E-state index in [0.29, 0.717) is 23.6 Å². The highest BCUT2D eigenvalue weighted by molar-refractivity contribution is 5.97. The molecule has 2 aromatic rings. The molecule has 0 aliphatic carbocycles. The normalized spacial score (nSPS) is 10.3. The summed E-state index contributed by atoms with van der Waals surface area (Å²) in [6.45, 7) is 0.479. The van der Waals surface area contributed by atoms with E-state index in [1.54, 1.807) is 55.2 Å². The molecule has 0 N–H and O–H groups in total. The lowest BCUT2D eigenvalue weighted by molar-refractivity contribution is 0.0781. The topological polar surface area (TPSA) is 56.6 Å². The Labute approximate surface area is 123 Å². The van der Waals surface area contributed by atoms with Gasteiger partial charge in [0.05, 0.1) is 26.0 Å². The van der Waals surface area contributed by atoms with Crippen LogP contribution in [0.25, 0.3) is 0 Å². The molecule has 0 radical (unpaired) electrons. The molecule has 21 heavy (non-hydrogen) atoms. The predicted molar refractivity (Wildman–Crippen MR) is 78.6 cm³/mol. The van der Waals surface area contributed by atoms with E-state index in [9.17, 15) is 4.79 Å². The van der Waals surface area contributed by atoms with Crippen molar-refractivity contribution in [3.8, 4) is 11.5 Å². The van der Waals surface area contributed by atoms with E-state index >= 15 is 0 Å². The Balaban J connectivity index is 2.21. The van der Waals surface area contributed by atoms with Crippen molar-refractivity contribution in [1.82, 2.24) is 14.7 Å². The van der Waals surface area contributed by atoms with Gasteiger partial charge < -0.3 is 14.4 Å². The van der Waals surface area contributed by atoms with Crippen LogP contribution in [-0.2, 0) is 13.6 Å². The van der Waals surface area contributed by atoms with Gasteiger partial charge in [-0.25, -0.2) is 0 Å². The van der Waals surface area contributed by atoms with Gasteiger partial charge in [0.1, 0.15) is 11.5 Å². The van der Waals surface area contributed by atoms with Crippen LogP contribution in [0, 0.1) is 0 Å². The Hall–Kier alpha value is -2.50. The summed E-state index contributed by atoms with van der Waals surface area (Å²) in [6, 6.07) is 5.17. The third kappa shape index (κ3) is 3.34. The number of hydrogen-bond donors (Lipinski definition) is 0. The van der Waals surface area contributed by atoms with Gasteiger partial charge in [-0.15, -0.1) is 0 Å². The van der Waals surface area contributed by atoms with Crippen LogP contribution in [0.2, 0.25) is 0 Å². The molecule has 112 valence electrons. The first-order valence-corrected chi connectivity index (χ1v) is 6.50. The van der Waals surface area contributed by atoms with Crippen molar-refractivity contribution in [2.45, 2.75) is 6.54 Å². The largest absolute Gasteiger partial charge is 0.497 e. The summed E-state index contributed by atoms with van der Waals surface area (Å²) in [5.41, 5.74) is 1.44. The number of rotatable bonds is 5. The van der Waals surface area contributed by atoms with E-state index in [2.05, 4.69) is 5.10 Å². The van der Waals surface area contributed by atoms with E-state index in [0.717, 1.165) is 5.56 Å². The number of amides is 1. The highest BCUT2D eigenvalue weighted by Crippen LogP contribution is 2.25. The van der Waals surface area contributed by atoms with Crippen LogP contribution in [0.3, 0.4) is 0 Å². The minimum Gasteiger partial charge on any atom is -0.497 e. The first kappa shape index (κ1) is 14.9. The summed E-state index contributed by atoms with van der Waals surface area (Å²) in [4.78, 5) is 14.2. The van der Waals surface area contributed by atoms with Crippen molar-refractivity contribution < 1.29 is 14.3 Å². The second kappa shape index (κ2) is 6.30. The zero-order chi connectivity index (χ0) is 15.4. The SMILES string of the molecule is COc1ccc(OC)c(C(=O)N(C)Cc2cnn(C)c2)c1. The zero-order valence-corrected chi connectivity index (χ0v) is 12.7. The Morgan fingerprint density at radius 1 is 1.33 bits per heavy atom. The Bertz CT molecular complexity index is 637. The van der Waals surface area contributed by atoms with Crippen molar-refractivity contribution in [2.24, 2.45) is 7.05 Å². The van der Waals surface area contributed by atoms with E-state index in [-0.39, 0.29) is 5.91 Å². The highest BCUT2D eigenvalue weighted by Gasteiger charge is 2.18. The maximum Gasteiger partial charge on any atom is 0.257 e. The molecule has 0 spiro atoms. The Morgan fingerprint density at radius 2 is 2.10 bits per heavy atom. The van der Waals surface area contributed by atoms with Crippen LogP contribution in [-0.4, -0.2) is 41.9 Å². The maximum atomic E-state index is 12.6. The monoisotopic (exact) mass is 289 g/mol. The van der Waals surface area contributed by atoms with Crippen molar-refractivity contribution in [2.75, 3.05) is 21.3 Å². The van der Waals surface area contributed by atoms with Gasteiger partial charge in [0.2, 0.25) is 0 Å². The van der Waals surface area contributed by atoms with Crippen LogP contribution in [0.15, 0.2) is 30.6 Å². The fourth-order valence-electron chi connectivity index (χ4n) is 2.09. The lowest BCUT2D eigenvalue weighted by Crippen LogP contribution is -2.26. The van der Waals surface area contributed by atoms with Crippen LogP contribution in [0.4, 0.5) is 0 Å². The van der Waals surface area contributed by atoms with Gasteiger partial charge in [0.15, 0.2) is 0 Å². The van der Waals surface area contributed by atoms with Gasteiger partial charge >= 0.3 is 0 Å². The second-order valence-corrected chi connectivity index (χ2v) is 4.75. The summed E-state index contributed by atoms with van der Waals surface area (Å²) >= 11 is 0. The molecule has 1 aromatic heterocycles. The number of benzene rings is 1. The van der Waals surface area contributed by atoms with Gasteiger partial charge in [-0.2, -0.15) is 5.10 Å². The molecule has 0 aliphatic heterocycles. The quantitative estimate of drug-likeness (QED) is 0.841. The van der Waals surface area contributed by atoms with Crippen molar-refractivity contribution >= 4 is 5.91 Å². The third-order valence-electron chi connectivity index (χ3n) is 3.16. The number of nitrogens with zero attached hydrogens (tertiary/aromatic N) is 3. The Kier molecular flexibility index (Phi) is 4.47. The van der Waals surface area contributed by atoms with Crippen molar-refractivity contribution in [3.05, 3.63) is 41.7 Å². The van der Waals surface area contributed by atoms with Gasteiger partial charge in [0, 0.05) is 32.4 Å². The van der Waals surface area contributed by atoms with Gasteiger partial charge in [-0.3, -0.25) is 9.48 Å². The molecule has 0 atom stereocenters. The third-order valence-corrected chi connectivity index (χ3v) is 3.16. The fraction of sp³-hybridized carbons (Fsp3) is 0.333. The van der Waals surface area contributed by atoms with E-state index < -0.39 is 0 Å². The minimum atomic E-state index is -0.130. The number of carbonyl (C=O) groups is 1. The summed E-state index contributed by atoms with van der Waals surface area (Å²) < 4.78 is 12.1. The number of ether oxygens (including phenoxy) is 2. The maximum absolute atomic E-state index is 12.6. The minimum absolute atomic E-state index is 0.130. The first-order valence-electron chi connectivity index (χ1n) is 6.50. The van der Waals surface area contributed by atoms with Crippen LogP contribution >= 0.6 is 0 Å². The van der Waals surface area contributed by atoms with Gasteiger partial charge in [-0.05, 0) is 18.2 Å². The molecule has 1 aromatic carbocycles. The lowest BCUT2D eigenvalue weighted by Gasteiger charge is -2.18. The molecule has 2 rings (SSSR count). The average molecular weight is 289 g/mol. The number of carbonyl (C=O) groups excluding carboxylic acids is 1. The first-order chi connectivity index (χ1) is 10.0. The van der Waals surface area contributed by atoms with Crippen molar-refractivity contribution in [3.63, 3.8) is 0 Å². The smallest absolute Gasteiger partial charge is 0.257 e. The van der Waals surface area contributed by atoms with Crippen LogP contribution in [0.5, 0.6) is 11.5 Å². The Morgan fingerprint density at radius 3 is 2.67 bits per heavy atom. The molecule has 1 amide bonds. The number of methoxy groups -OCH3 is 2. The highest BCUT2D eigenvalue weighted by atomic mass is 16.5. The average Bonchev–Trinajstić information content (AvgIpc) is 2.90. The van der Waals surface area contributed by atoms with E-state index in [4.69, 9.17) is 9.47 Å². The molecule has 0 aliphatic rings. The molecule has 6 nitrogen and oxygen atoms in total. The van der Waals surface area contributed by atoms with Gasteiger partial charge in [0.25, 0.3) is 5.91 Å².